The van der Waals surface area contributed by atoms with Crippen molar-refractivity contribution in [2.24, 2.45) is 0 Å². The zero-order valence-corrected chi connectivity index (χ0v) is 15.4. The Balaban J connectivity index is 2.18. The van der Waals surface area contributed by atoms with E-state index in [1.54, 1.807) is 12.1 Å². The lowest BCUT2D eigenvalue weighted by atomic mass is 9.86. The molecule has 0 aromatic heterocycles. The van der Waals surface area contributed by atoms with Crippen LogP contribution in [0.1, 0.15) is 44.9 Å². The van der Waals surface area contributed by atoms with E-state index in [1.807, 2.05) is 31.2 Å². The Morgan fingerprint density at radius 2 is 1.48 bits per heavy atom. The van der Waals surface area contributed by atoms with Crippen molar-refractivity contribution in [3.8, 4) is 0 Å². The van der Waals surface area contributed by atoms with Crippen LogP contribution in [0.3, 0.4) is 0 Å². The number of benzene rings is 2. The molecule has 0 radical (unpaired) electrons. The molecule has 2 aromatic carbocycles. The summed E-state index contributed by atoms with van der Waals surface area (Å²) >= 11 is 5.80. The van der Waals surface area contributed by atoms with Gasteiger partial charge in [-0.25, -0.2) is 13.1 Å². The number of hydrogen-bond donors (Lipinski definition) is 1. The monoisotopic (exact) mass is 351 g/mol. The first-order chi connectivity index (χ1) is 10.6. The average molecular weight is 352 g/mol. The van der Waals surface area contributed by atoms with Crippen LogP contribution in [-0.2, 0) is 15.4 Å². The van der Waals surface area contributed by atoms with Gasteiger partial charge in [-0.15, -0.1) is 0 Å². The van der Waals surface area contributed by atoms with Gasteiger partial charge in [-0.3, -0.25) is 0 Å². The highest BCUT2D eigenvalue weighted by Gasteiger charge is 2.19. The minimum atomic E-state index is -3.57. The Kier molecular flexibility index (Phi) is 5.19. The maximum absolute atomic E-state index is 12.4. The summed E-state index contributed by atoms with van der Waals surface area (Å²) in [4.78, 5) is 0.208. The Bertz CT molecular complexity index is 760. The number of halogens is 1. The maximum atomic E-state index is 12.4. The van der Waals surface area contributed by atoms with Gasteiger partial charge in [0.25, 0.3) is 0 Å². The Morgan fingerprint density at radius 3 is 1.96 bits per heavy atom. The molecular weight excluding hydrogens is 330 g/mol. The molecule has 23 heavy (non-hydrogen) atoms. The van der Waals surface area contributed by atoms with E-state index in [1.165, 1.54) is 17.7 Å². The van der Waals surface area contributed by atoms with E-state index in [9.17, 15) is 8.42 Å². The molecule has 0 unspecified atom stereocenters. The lowest BCUT2D eigenvalue weighted by molar-refractivity contribution is 0.566. The summed E-state index contributed by atoms with van der Waals surface area (Å²) in [7, 11) is -3.57. The largest absolute Gasteiger partial charge is 0.241 e. The summed E-state index contributed by atoms with van der Waals surface area (Å²) in [6.45, 7) is 8.28. The van der Waals surface area contributed by atoms with Gasteiger partial charge in [-0.2, -0.15) is 0 Å². The summed E-state index contributed by atoms with van der Waals surface area (Å²) in [6.07, 6.45) is 0. The highest BCUT2D eigenvalue weighted by Crippen LogP contribution is 2.24. The van der Waals surface area contributed by atoms with Crippen LogP contribution >= 0.6 is 11.6 Å². The van der Waals surface area contributed by atoms with Crippen molar-refractivity contribution in [2.45, 2.75) is 44.0 Å². The van der Waals surface area contributed by atoms with Crippen molar-refractivity contribution in [3.63, 3.8) is 0 Å². The third kappa shape index (κ3) is 4.56. The van der Waals surface area contributed by atoms with Crippen LogP contribution in [0, 0.1) is 0 Å². The highest BCUT2D eigenvalue weighted by molar-refractivity contribution is 7.89. The minimum absolute atomic E-state index is 0.0740. The molecule has 0 bridgehead atoms. The van der Waals surface area contributed by atoms with Gasteiger partial charge in [0.1, 0.15) is 0 Å². The predicted octanol–water partition coefficient (Wildman–Crippen LogP) is 4.68. The number of hydrogen-bond acceptors (Lipinski definition) is 2. The zero-order chi connectivity index (χ0) is 17.3. The van der Waals surface area contributed by atoms with Gasteiger partial charge in [0.05, 0.1) is 4.90 Å². The van der Waals surface area contributed by atoms with Gasteiger partial charge in [0, 0.05) is 11.1 Å². The molecule has 1 atom stereocenters. The van der Waals surface area contributed by atoms with Crippen molar-refractivity contribution < 1.29 is 8.42 Å². The molecule has 124 valence electrons. The molecule has 0 aliphatic heterocycles. The van der Waals surface area contributed by atoms with Gasteiger partial charge in [-0.05, 0) is 47.7 Å². The molecule has 0 saturated heterocycles. The fraction of sp³-hybridized carbons (Fsp3) is 0.333. The fourth-order valence-electron chi connectivity index (χ4n) is 2.25. The van der Waals surface area contributed by atoms with Crippen LogP contribution in [0.4, 0.5) is 0 Å². The molecule has 0 fully saturated rings. The highest BCUT2D eigenvalue weighted by atomic mass is 35.5. The SMILES string of the molecule is C[C@@H](NS(=O)(=O)c1ccc(Cl)cc1)c1ccc(C(C)(C)C)cc1. The molecule has 2 aromatic rings. The maximum Gasteiger partial charge on any atom is 0.241 e. The van der Waals surface area contributed by atoms with Gasteiger partial charge >= 0.3 is 0 Å². The Hall–Kier alpha value is -1.36. The van der Waals surface area contributed by atoms with Crippen molar-refractivity contribution in [3.05, 3.63) is 64.7 Å². The average Bonchev–Trinajstić information content (AvgIpc) is 2.46. The number of rotatable bonds is 4. The summed E-state index contributed by atoms with van der Waals surface area (Å²) in [5.74, 6) is 0. The second kappa shape index (κ2) is 6.63. The topological polar surface area (TPSA) is 46.2 Å². The molecule has 1 N–H and O–H groups in total. The second-order valence-corrected chi connectivity index (χ2v) is 8.82. The summed E-state index contributed by atoms with van der Waals surface area (Å²) in [5, 5.41) is 0.509. The smallest absolute Gasteiger partial charge is 0.207 e. The van der Waals surface area contributed by atoms with Crippen LogP contribution < -0.4 is 4.72 Å². The van der Waals surface area contributed by atoms with Crippen LogP contribution in [-0.4, -0.2) is 8.42 Å². The molecule has 0 aliphatic carbocycles. The first kappa shape index (κ1) is 18.0. The Labute approximate surface area is 143 Å². The lowest BCUT2D eigenvalue weighted by Crippen LogP contribution is -2.27. The van der Waals surface area contributed by atoms with Crippen LogP contribution in [0.25, 0.3) is 0 Å². The molecule has 0 aliphatic rings. The zero-order valence-electron chi connectivity index (χ0n) is 13.8. The first-order valence-corrected chi connectivity index (χ1v) is 9.34. The lowest BCUT2D eigenvalue weighted by Gasteiger charge is -2.20. The standard InChI is InChI=1S/C18H22ClNO2S/c1-13(14-5-7-15(8-6-14)18(2,3)4)20-23(21,22)17-11-9-16(19)10-12-17/h5-13,20H,1-4H3/t13-/m1/s1. The molecule has 0 amide bonds. The van der Waals surface area contributed by atoms with Gasteiger partial charge in [0.2, 0.25) is 10.0 Å². The van der Waals surface area contributed by atoms with E-state index in [-0.39, 0.29) is 16.4 Å². The predicted molar refractivity (Wildman–Crippen MR) is 95.3 cm³/mol. The van der Waals surface area contributed by atoms with E-state index in [4.69, 9.17) is 11.6 Å². The molecule has 5 heteroatoms. The van der Waals surface area contributed by atoms with Gasteiger partial charge in [0.15, 0.2) is 0 Å². The quantitative estimate of drug-likeness (QED) is 0.869. The normalized spacial score (nSPS) is 13.8. The van der Waals surface area contributed by atoms with Gasteiger partial charge in [-0.1, -0.05) is 56.6 Å². The van der Waals surface area contributed by atoms with Gasteiger partial charge < -0.3 is 0 Å². The van der Waals surface area contributed by atoms with E-state index >= 15 is 0 Å². The molecule has 2 rings (SSSR count). The molecule has 0 heterocycles. The van der Waals surface area contributed by atoms with Crippen LogP contribution in [0.5, 0.6) is 0 Å². The van der Waals surface area contributed by atoms with Crippen molar-refractivity contribution >= 4 is 21.6 Å². The summed E-state index contributed by atoms with van der Waals surface area (Å²) in [5.41, 5.74) is 2.22. The second-order valence-electron chi connectivity index (χ2n) is 6.67. The van der Waals surface area contributed by atoms with E-state index < -0.39 is 10.0 Å². The molecular formula is C18H22ClNO2S. The van der Waals surface area contributed by atoms with Crippen LogP contribution in [0.15, 0.2) is 53.4 Å². The van der Waals surface area contributed by atoms with Crippen LogP contribution in [0.2, 0.25) is 5.02 Å². The molecule has 0 saturated carbocycles. The third-order valence-corrected chi connectivity index (χ3v) is 5.54. The number of nitrogens with one attached hydrogen (secondary N) is 1. The molecule has 3 nitrogen and oxygen atoms in total. The van der Waals surface area contributed by atoms with E-state index in [0.717, 1.165) is 5.56 Å². The summed E-state index contributed by atoms with van der Waals surface area (Å²) in [6, 6.07) is 13.8. The van der Waals surface area contributed by atoms with E-state index in [0.29, 0.717) is 5.02 Å². The minimum Gasteiger partial charge on any atom is -0.207 e. The van der Waals surface area contributed by atoms with Crippen molar-refractivity contribution in [1.29, 1.82) is 0 Å². The van der Waals surface area contributed by atoms with Crippen molar-refractivity contribution in [1.82, 2.24) is 4.72 Å². The Morgan fingerprint density at radius 1 is 0.957 bits per heavy atom. The van der Waals surface area contributed by atoms with Crippen molar-refractivity contribution in [2.75, 3.05) is 0 Å². The molecule has 0 spiro atoms. The first-order valence-electron chi connectivity index (χ1n) is 7.48. The fourth-order valence-corrected chi connectivity index (χ4v) is 3.61. The summed E-state index contributed by atoms with van der Waals surface area (Å²) < 4.78 is 27.5. The third-order valence-electron chi connectivity index (χ3n) is 3.73. The van der Waals surface area contributed by atoms with E-state index in [2.05, 4.69) is 25.5 Å². The number of sulfonamides is 1.